The Kier molecular flexibility index (Phi) is 2.70. The minimum atomic E-state index is -0.865. The summed E-state index contributed by atoms with van der Waals surface area (Å²) in [4.78, 5) is 21.5. The molecule has 13 heavy (non-hydrogen) atoms. The van der Waals surface area contributed by atoms with Crippen LogP contribution in [0.1, 0.15) is 13.3 Å². The van der Waals surface area contributed by atoms with Gasteiger partial charge in [0.15, 0.2) is 0 Å². The van der Waals surface area contributed by atoms with Crippen molar-refractivity contribution in [2.45, 2.75) is 13.3 Å². The maximum Gasteiger partial charge on any atom is 0.333 e. The summed E-state index contributed by atoms with van der Waals surface area (Å²) in [5.74, 6) is -1.99. The Balaban J connectivity index is 2.43. The number of aliphatic carboxylic acids is 1. The molecule has 4 heteroatoms. The van der Waals surface area contributed by atoms with Crippen LogP contribution >= 0.6 is 0 Å². The van der Waals surface area contributed by atoms with Gasteiger partial charge in [-0.15, -0.1) is 0 Å². The van der Waals surface area contributed by atoms with Crippen LogP contribution in [0.5, 0.6) is 0 Å². The van der Waals surface area contributed by atoms with Crippen LogP contribution in [0, 0.1) is 11.8 Å². The van der Waals surface area contributed by atoms with Gasteiger partial charge in [-0.2, -0.15) is 0 Å². The van der Waals surface area contributed by atoms with Crippen molar-refractivity contribution in [1.29, 1.82) is 0 Å². The lowest BCUT2D eigenvalue weighted by atomic mass is 10.1. The van der Waals surface area contributed by atoms with E-state index < -0.39 is 17.9 Å². The van der Waals surface area contributed by atoms with Crippen LogP contribution in [0.4, 0.5) is 0 Å². The predicted molar refractivity (Wildman–Crippen MR) is 45.0 cm³/mol. The van der Waals surface area contributed by atoms with Gasteiger partial charge in [0.25, 0.3) is 0 Å². The van der Waals surface area contributed by atoms with E-state index in [1.165, 1.54) is 0 Å². The molecule has 0 amide bonds. The van der Waals surface area contributed by atoms with Crippen molar-refractivity contribution in [2.24, 2.45) is 11.8 Å². The number of carbonyl (C=O) groups excluding carboxylic acids is 1. The van der Waals surface area contributed by atoms with Crippen molar-refractivity contribution < 1.29 is 19.4 Å². The van der Waals surface area contributed by atoms with Crippen molar-refractivity contribution in [1.82, 2.24) is 0 Å². The number of ether oxygens (including phenoxy) is 1. The Morgan fingerprint density at radius 1 is 1.54 bits per heavy atom. The molecule has 0 aliphatic heterocycles. The molecule has 1 saturated carbocycles. The van der Waals surface area contributed by atoms with Gasteiger partial charge in [-0.05, 0) is 13.3 Å². The molecule has 4 nitrogen and oxygen atoms in total. The van der Waals surface area contributed by atoms with Gasteiger partial charge in [0.1, 0.15) is 0 Å². The van der Waals surface area contributed by atoms with E-state index >= 15 is 0 Å². The standard InChI is InChI=1S/C9H12O4/c1-3-13-9(12)5(2)6-4-7(6)8(10)11/h6-7H,2-4H2,1H3,(H,10,11). The SMILES string of the molecule is C=C(C(=O)OCC)C1CC1C(=O)O. The first-order chi connectivity index (χ1) is 6.07. The van der Waals surface area contributed by atoms with Gasteiger partial charge in [0.2, 0.25) is 0 Å². The highest BCUT2D eigenvalue weighted by Crippen LogP contribution is 2.43. The second kappa shape index (κ2) is 3.60. The monoisotopic (exact) mass is 184 g/mol. The van der Waals surface area contributed by atoms with E-state index in [2.05, 4.69) is 6.58 Å². The molecule has 2 unspecified atom stereocenters. The smallest absolute Gasteiger partial charge is 0.333 e. The highest BCUT2D eigenvalue weighted by Gasteiger charge is 2.47. The molecule has 0 radical (unpaired) electrons. The Labute approximate surface area is 76.2 Å². The van der Waals surface area contributed by atoms with Gasteiger partial charge >= 0.3 is 11.9 Å². The number of carboxylic acids is 1. The minimum Gasteiger partial charge on any atom is -0.481 e. The van der Waals surface area contributed by atoms with E-state index in [4.69, 9.17) is 9.84 Å². The van der Waals surface area contributed by atoms with Crippen LogP contribution < -0.4 is 0 Å². The fourth-order valence-corrected chi connectivity index (χ4v) is 1.23. The van der Waals surface area contributed by atoms with Crippen LogP contribution in [0.2, 0.25) is 0 Å². The van der Waals surface area contributed by atoms with Crippen molar-refractivity contribution >= 4 is 11.9 Å². The van der Waals surface area contributed by atoms with Gasteiger partial charge in [-0.1, -0.05) is 6.58 Å². The number of carboxylic acid groups (broad SMARTS) is 1. The molecule has 1 aliphatic rings. The van der Waals surface area contributed by atoms with Gasteiger partial charge < -0.3 is 9.84 Å². The number of esters is 1. The molecule has 1 fully saturated rings. The maximum atomic E-state index is 11.1. The normalized spacial score (nSPS) is 25.0. The number of hydrogen-bond acceptors (Lipinski definition) is 3. The summed E-state index contributed by atoms with van der Waals surface area (Å²) < 4.78 is 4.70. The lowest BCUT2D eigenvalue weighted by molar-refractivity contribution is -0.139. The predicted octanol–water partition coefficient (Wildman–Crippen LogP) is 0.826. The van der Waals surface area contributed by atoms with Crippen LogP contribution in [0.25, 0.3) is 0 Å². The van der Waals surface area contributed by atoms with E-state index in [9.17, 15) is 9.59 Å². The molecule has 1 rings (SSSR count). The quantitative estimate of drug-likeness (QED) is 0.519. The first-order valence-electron chi connectivity index (χ1n) is 4.16. The zero-order valence-electron chi connectivity index (χ0n) is 7.45. The van der Waals surface area contributed by atoms with Crippen molar-refractivity contribution in [3.05, 3.63) is 12.2 Å². The summed E-state index contributed by atoms with van der Waals surface area (Å²) in [6, 6.07) is 0. The third-order valence-corrected chi connectivity index (χ3v) is 2.09. The highest BCUT2D eigenvalue weighted by atomic mass is 16.5. The van der Waals surface area contributed by atoms with Crippen LogP contribution in [0.3, 0.4) is 0 Å². The molecular weight excluding hydrogens is 172 g/mol. The molecule has 1 N–H and O–H groups in total. The van der Waals surface area contributed by atoms with E-state index in [1.807, 2.05) is 0 Å². The molecule has 72 valence electrons. The summed E-state index contributed by atoms with van der Waals surface area (Å²) in [5.41, 5.74) is 0.286. The molecule has 0 saturated heterocycles. The summed E-state index contributed by atoms with van der Waals surface area (Å²) in [5, 5.41) is 8.59. The zero-order valence-corrected chi connectivity index (χ0v) is 7.45. The van der Waals surface area contributed by atoms with Crippen molar-refractivity contribution in [2.75, 3.05) is 6.61 Å². The first kappa shape index (κ1) is 9.77. The fourth-order valence-electron chi connectivity index (χ4n) is 1.23. The summed E-state index contributed by atoms with van der Waals surface area (Å²) in [6.07, 6.45) is 0.507. The molecule has 0 bridgehead atoms. The van der Waals surface area contributed by atoms with Gasteiger partial charge in [0.05, 0.1) is 12.5 Å². The molecule has 0 aromatic rings. The Bertz CT molecular complexity index is 256. The zero-order chi connectivity index (χ0) is 10.0. The van der Waals surface area contributed by atoms with E-state index in [0.717, 1.165) is 0 Å². The topological polar surface area (TPSA) is 63.6 Å². The maximum absolute atomic E-state index is 11.1. The molecule has 0 heterocycles. The Hall–Kier alpha value is -1.32. The third-order valence-electron chi connectivity index (χ3n) is 2.09. The van der Waals surface area contributed by atoms with Crippen LogP contribution in [-0.2, 0) is 14.3 Å². The van der Waals surface area contributed by atoms with Crippen LogP contribution in [-0.4, -0.2) is 23.7 Å². The number of rotatable bonds is 4. The molecule has 0 spiro atoms. The minimum absolute atomic E-state index is 0.212. The molecule has 2 atom stereocenters. The Morgan fingerprint density at radius 3 is 2.54 bits per heavy atom. The Morgan fingerprint density at radius 2 is 2.15 bits per heavy atom. The van der Waals surface area contributed by atoms with Gasteiger partial charge in [-0.3, -0.25) is 4.79 Å². The lowest BCUT2D eigenvalue weighted by Gasteiger charge is -2.02. The third kappa shape index (κ3) is 2.08. The molecule has 0 aromatic heterocycles. The van der Waals surface area contributed by atoms with Crippen molar-refractivity contribution in [3.8, 4) is 0 Å². The highest BCUT2D eigenvalue weighted by molar-refractivity contribution is 5.91. The van der Waals surface area contributed by atoms with Crippen molar-refractivity contribution in [3.63, 3.8) is 0 Å². The molecule has 0 aromatic carbocycles. The number of carbonyl (C=O) groups is 2. The van der Waals surface area contributed by atoms with E-state index in [-0.39, 0.29) is 11.5 Å². The molecule has 1 aliphatic carbocycles. The van der Waals surface area contributed by atoms with E-state index in [0.29, 0.717) is 13.0 Å². The largest absolute Gasteiger partial charge is 0.481 e. The second-order valence-electron chi connectivity index (χ2n) is 3.03. The van der Waals surface area contributed by atoms with E-state index in [1.54, 1.807) is 6.92 Å². The molecular formula is C9H12O4. The second-order valence-corrected chi connectivity index (χ2v) is 3.03. The van der Waals surface area contributed by atoms with Gasteiger partial charge in [0, 0.05) is 11.5 Å². The fraction of sp³-hybridized carbons (Fsp3) is 0.556. The van der Waals surface area contributed by atoms with Crippen LogP contribution in [0.15, 0.2) is 12.2 Å². The lowest BCUT2D eigenvalue weighted by Crippen LogP contribution is -2.10. The number of hydrogen-bond donors (Lipinski definition) is 1. The summed E-state index contributed by atoms with van der Waals surface area (Å²) in [7, 11) is 0. The average molecular weight is 184 g/mol. The van der Waals surface area contributed by atoms with Gasteiger partial charge in [-0.25, -0.2) is 4.79 Å². The average Bonchev–Trinajstić information content (AvgIpc) is 2.82. The first-order valence-corrected chi connectivity index (χ1v) is 4.16. The summed E-state index contributed by atoms with van der Waals surface area (Å²) in [6.45, 7) is 5.53. The summed E-state index contributed by atoms with van der Waals surface area (Å²) >= 11 is 0.